The van der Waals surface area contributed by atoms with Gasteiger partial charge in [0, 0.05) is 16.5 Å². The predicted octanol–water partition coefficient (Wildman–Crippen LogP) is 5.48. The van der Waals surface area contributed by atoms with Crippen LogP contribution in [0.2, 0.25) is 0 Å². The Morgan fingerprint density at radius 3 is 2.53 bits per heavy atom. The second-order valence-corrected chi connectivity index (χ2v) is 5.62. The van der Waals surface area contributed by atoms with E-state index in [2.05, 4.69) is 15.9 Å². The van der Waals surface area contributed by atoms with Crippen LogP contribution in [0.15, 0.2) is 22.7 Å². The summed E-state index contributed by atoms with van der Waals surface area (Å²) in [6, 6.07) is 3.67. The van der Waals surface area contributed by atoms with Crippen LogP contribution in [0.1, 0.15) is 49.0 Å². The molecule has 0 amide bonds. The number of halogens is 4. The third-order valence-corrected chi connectivity index (χ3v) is 3.40. The highest BCUT2D eigenvalue weighted by Crippen LogP contribution is 2.34. The van der Waals surface area contributed by atoms with E-state index < -0.39 is 17.5 Å². The van der Waals surface area contributed by atoms with Crippen molar-refractivity contribution in [1.29, 1.82) is 0 Å². The van der Waals surface area contributed by atoms with Crippen LogP contribution in [0.3, 0.4) is 0 Å². The minimum atomic E-state index is -4.51. The van der Waals surface area contributed by atoms with Gasteiger partial charge in [-0.1, -0.05) is 42.6 Å². The lowest BCUT2D eigenvalue weighted by Gasteiger charge is -2.14. The summed E-state index contributed by atoms with van der Waals surface area (Å²) in [6.07, 6.45) is -2.61. The van der Waals surface area contributed by atoms with Crippen molar-refractivity contribution in [1.82, 2.24) is 0 Å². The molecule has 0 aliphatic rings. The molecular formula is C14H16BrF3O. The first-order valence-electron chi connectivity index (χ1n) is 6.15. The Balaban J connectivity index is 3.03. The van der Waals surface area contributed by atoms with Gasteiger partial charge in [0.15, 0.2) is 5.78 Å². The van der Waals surface area contributed by atoms with E-state index in [9.17, 15) is 18.0 Å². The van der Waals surface area contributed by atoms with E-state index in [0.717, 1.165) is 18.9 Å². The maximum absolute atomic E-state index is 12.9. The van der Waals surface area contributed by atoms with Crippen molar-refractivity contribution in [2.24, 2.45) is 5.92 Å². The number of benzene rings is 1. The number of carbonyl (C=O) groups is 1. The average Bonchev–Trinajstić information content (AvgIpc) is 2.27. The van der Waals surface area contributed by atoms with Crippen molar-refractivity contribution >= 4 is 21.7 Å². The van der Waals surface area contributed by atoms with Gasteiger partial charge in [0.25, 0.3) is 0 Å². The Hall–Kier alpha value is -0.840. The largest absolute Gasteiger partial charge is 0.417 e. The number of hydrogen-bond acceptors (Lipinski definition) is 1. The van der Waals surface area contributed by atoms with Gasteiger partial charge in [-0.05, 0) is 24.1 Å². The molecular weight excluding hydrogens is 321 g/mol. The number of ketones is 1. The van der Waals surface area contributed by atoms with Crippen LogP contribution in [-0.2, 0) is 6.18 Å². The average molecular weight is 337 g/mol. The fourth-order valence-corrected chi connectivity index (χ4v) is 2.38. The van der Waals surface area contributed by atoms with E-state index in [1.54, 1.807) is 0 Å². The quantitative estimate of drug-likeness (QED) is 0.651. The zero-order valence-corrected chi connectivity index (χ0v) is 12.4. The molecule has 1 rings (SSSR count). The summed E-state index contributed by atoms with van der Waals surface area (Å²) >= 11 is 3.00. The van der Waals surface area contributed by atoms with Crippen molar-refractivity contribution < 1.29 is 18.0 Å². The van der Waals surface area contributed by atoms with Gasteiger partial charge in [-0.3, -0.25) is 4.79 Å². The smallest absolute Gasteiger partial charge is 0.294 e. The first-order chi connectivity index (χ1) is 8.75. The van der Waals surface area contributed by atoms with Gasteiger partial charge in [0.05, 0.1) is 5.56 Å². The molecule has 0 spiro atoms. The molecule has 19 heavy (non-hydrogen) atoms. The molecule has 0 aliphatic heterocycles. The lowest BCUT2D eigenvalue weighted by Crippen LogP contribution is -2.15. The third-order valence-electron chi connectivity index (χ3n) is 2.90. The van der Waals surface area contributed by atoms with Gasteiger partial charge in [-0.15, -0.1) is 0 Å². The third kappa shape index (κ3) is 4.64. The molecule has 5 heteroatoms. The summed E-state index contributed by atoms with van der Waals surface area (Å²) in [5.41, 5.74) is -1.10. The van der Waals surface area contributed by atoms with Crippen LogP contribution in [0.25, 0.3) is 0 Å². The van der Waals surface area contributed by atoms with E-state index in [4.69, 9.17) is 0 Å². The molecule has 0 heterocycles. The molecule has 0 bridgehead atoms. The highest BCUT2D eigenvalue weighted by Gasteiger charge is 2.35. The van der Waals surface area contributed by atoms with Crippen LogP contribution in [0, 0.1) is 5.92 Å². The van der Waals surface area contributed by atoms with Crippen LogP contribution < -0.4 is 0 Å². The van der Waals surface area contributed by atoms with Crippen molar-refractivity contribution in [2.45, 2.75) is 39.3 Å². The van der Waals surface area contributed by atoms with Gasteiger partial charge in [-0.25, -0.2) is 0 Å². The molecule has 0 saturated heterocycles. The van der Waals surface area contributed by atoms with E-state index in [-0.39, 0.29) is 17.9 Å². The summed E-state index contributed by atoms with van der Waals surface area (Å²) in [5, 5.41) is 0. The summed E-state index contributed by atoms with van der Waals surface area (Å²) in [4.78, 5) is 12.0. The van der Waals surface area contributed by atoms with Crippen LogP contribution in [0.4, 0.5) is 13.2 Å². The maximum atomic E-state index is 12.9. The number of rotatable bonds is 5. The van der Waals surface area contributed by atoms with E-state index in [1.807, 2.05) is 13.8 Å². The van der Waals surface area contributed by atoms with Crippen LogP contribution >= 0.6 is 15.9 Å². The van der Waals surface area contributed by atoms with Crippen molar-refractivity contribution in [3.05, 3.63) is 33.8 Å². The minimum Gasteiger partial charge on any atom is -0.294 e. The van der Waals surface area contributed by atoms with Gasteiger partial charge in [0.2, 0.25) is 0 Å². The van der Waals surface area contributed by atoms with Gasteiger partial charge >= 0.3 is 6.18 Å². The Morgan fingerprint density at radius 2 is 2.00 bits per heavy atom. The molecule has 0 fully saturated rings. The zero-order chi connectivity index (χ0) is 14.6. The minimum absolute atomic E-state index is 0.0993. The highest BCUT2D eigenvalue weighted by molar-refractivity contribution is 9.10. The first kappa shape index (κ1) is 16.2. The van der Waals surface area contributed by atoms with E-state index in [0.29, 0.717) is 4.47 Å². The lowest BCUT2D eigenvalue weighted by atomic mass is 9.93. The summed E-state index contributed by atoms with van der Waals surface area (Å²) < 4.78 is 39.0. The number of hydrogen-bond donors (Lipinski definition) is 0. The van der Waals surface area contributed by atoms with Crippen molar-refractivity contribution in [3.8, 4) is 0 Å². The van der Waals surface area contributed by atoms with Crippen LogP contribution in [-0.4, -0.2) is 5.78 Å². The molecule has 0 aliphatic carbocycles. The van der Waals surface area contributed by atoms with Crippen LogP contribution in [0.5, 0.6) is 0 Å². The van der Waals surface area contributed by atoms with Gasteiger partial charge < -0.3 is 0 Å². The number of Topliss-reactive ketones (excluding diaryl/α,β-unsaturated/α-hetero) is 1. The SMILES string of the molecule is CCCC(C)CC(=O)c1ccc(Br)cc1C(F)(F)F. The normalized spacial score (nSPS) is 13.4. The summed E-state index contributed by atoms with van der Waals surface area (Å²) in [5.74, 6) is -0.344. The molecule has 106 valence electrons. The molecule has 1 unspecified atom stereocenters. The zero-order valence-electron chi connectivity index (χ0n) is 10.9. The molecule has 0 N–H and O–H groups in total. The maximum Gasteiger partial charge on any atom is 0.417 e. The topological polar surface area (TPSA) is 17.1 Å². The molecule has 1 aromatic rings. The van der Waals surface area contributed by atoms with Crippen molar-refractivity contribution in [3.63, 3.8) is 0 Å². The molecule has 0 radical (unpaired) electrons. The molecule has 0 saturated carbocycles. The number of carbonyl (C=O) groups excluding carboxylic acids is 1. The molecule has 1 nitrogen and oxygen atoms in total. The monoisotopic (exact) mass is 336 g/mol. The van der Waals surface area contributed by atoms with Gasteiger partial charge in [0.1, 0.15) is 0 Å². The fraction of sp³-hybridized carbons (Fsp3) is 0.500. The van der Waals surface area contributed by atoms with E-state index in [1.165, 1.54) is 12.1 Å². The molecule has 1 aromatic carbocycles. The second kappa shape index (κ2) is 6.55. The standard InChI is InChI=1S/C14H16BrF3O/c1-3-4-9(2)7-13(19)11-6-5-10(15)8-12(11)14(16,17)18/h5-6,8-9H,3-4,7H2,1-2H3. The van der Waals surface area contributed by atoms with Gasteiger partial charge in [-0.2, -0.15) is 13.2 Å². The highest BCUT2D eigenvalue weighted by atomic mass is 79.9. The lowest BCUT2D eigenvalue weighted by molar-refractivity contribution is -0.138. The summed E-state index contributed by atoms with van der Waals surface area (Å²) in [6.45, 7) is 3.87. The first-order valence-corrected chi connectivity index (χ1v) is 6.95. The summed E-state index contributed by atoms with van der Waals surface area (Å²) in [7, 11) is 0. The Kier molecular flexibility index (Phi) is 5.59. The predicted molar refractivity (Wildman–Crippen MR) is 72.2 cm³/mol. The molecule has 1 atom stereocenters. The Bertz CT molecular complexity index is 454. The Labute approximate surface area is 119 Å². The second-order valence-electron chi connectivity index (χ2n) is 4.71. The Morgan fingerprint density at radius 1 is 1.37 bits per heavy atom. The fourth-order valence-electron chi connectivity index (χ4n) is 2.02. The molecule has 0 aromatic heterocycles. The number of alkyl halides is 3. The van der Waals surface area contributed by atoms with Crippen molar-refractivity contribution in [2.75, 3.05) is 0 Å². The van der Waals surface area contributed by atoms with E-state index >= 15 is 0 Å².